The van der Waals surface area contributed by atoms with Gasteiger partial charge in [-0.15, -0.1) is 0 Å². The van der Waals surface area contributed by atoms with Crippen molar-refractivity contribution >= 4 is 23.6 Å². The first-order valence-electron chi connectivity index (χ1n) is 6.27. The Morgan fingerprint density at radius 3 is 2.55 bits per heavy atom. The zero-order valence-corrected chi connectivity index (χ0v) is 12.1. The van der Waals surface area contributed by atoms with Gasteiger partial charge in [-0.1, -0.05) is 35.9 Å². The highest BCUT2D eigenvalue weighted by atomic mass is 35.5. The van der Waals surface area contributed by atoms with Crippen molar-refractivity contribution in [2.24, 2.45) is 0 Å². The molecule has 2 nitrogen and oxygen atoms in total. The van der Waals surface area contributed by atoms with Crippen molar-refractivity contribution in [1.82, 2.24) is 0 Å². The Hall–Kier alpha value is -1.87. The van der Waals surface area contributed by atoms with Crippen LogP contribution in [0.2, 0.25) is 5.02 Å². The Morgan fingerprint density at radius 1 is 1.20 bits per heavy atom. The maximum absolute atomic E-state index is 13.7. The Kier molecular flexibility index (Phi) is 4.40. The van der Waals surface area contributed by atoms with Gasteiger partial charge in [0.25, 0.3) is 0 Å². The molecule has 0 bridgehead atoms. The van der Waals surface area contributed by atoms with Gasteiger partial charge < -0.3 is 4.90 Å². The molecule has 0 radical (unpaired) electrons. The van der Waals surface area contributed by atoms with E-state index in [0.29, 0.717) is 17.0 Å². The van der Waals surface area contributed by atoms with Crippen molar-refractivity contribution in [2.75, 3.05) is 11.9 Å². The Morgan fingerprint density at radius 2 is 1.90 bits per heavy atom. The summed E-state index contributed by atoms with van der Waals surface area (Å²) in [6.45, 7) is 1.96. The first kappa shape index (κ1) is 14.5. The fourth-order valence-electron chi connectivity index (χ4n) is 2.18. The van der Waals surface area contributed by atoms with E-state index in [9.17, 15) is 9.18 Å². The van der Waals surface area contributed by atoms with Crippen LogP contribution in [0.1, 0.15) is 28.9 Å². The second-order valence-corrected chi connectivity index (χ2v) is 5.01. The summed E-state index contributed by atoms with van der Waals surface area (Å²) >= 11 is 6.19. The number of rotatable bonds is 4. The lowest BCUT2D eigenvalue weighted by atomic mass is 10.1. The number of hydrogen-bond donors (Lipinski definition) is 0. The van der Waals surface area contributed by atoms with E-state index in [0.717, 1.165) is 5.56 Å². The number of nitrogens with zero attached hydrogens (tertiary/aromatic N) is 1. The zero-order chi connectivity index (χ0) is 14.7. The largest absolute Gasteiger partial charge is 0.367 e. The molecule has 104 valence electrons. The molecule has 1 atom stereocenters. The van der Waals surface area contributed by atoms with E-state index in [-0.39, 0.29) is 11.6 Å². The number of aldehydes is 1. The van der Waals surface area contributed by atoms with Crippen LogP contribution in [0.4, 0.5) is 10.1 Å². The van der Waals surface area contributed by atoms with Gasteiger partial charge in [-0.2, -0.15) is 0 Å². The van der Waals surface area contributed by atoms with Crippen molar-refractivity contribution < 1.29 is 9.18 Å². The molecule has 0 aliphatic carbocycles. The van der Waals surface area contributed by atoms with Gasteiger partial charge >= 0.3 is 0 Å². The molecule has 0 N–H and O–H groups in total. The van der Waals surface area contributed by atoms with E-state index < -0.39 is 5.82 Å². The first-order chi connectivity index (χ1) is 9.56. The summed E-state index contributed by atoms with van der Waals surface area (Å²) < 4.78 is 13.7. The van der Waals surface area contributed by atoms with Gasteiger partial charge in [0.1, 0.15) is 5.82 Å². The molecule has 2 aromatic carbocycles. The Labute approximate surface area is 122 Å². The van der Waals surface area contributed by atoms with Crippen LogP contribution >= 0.6 is 11.6 Å². The third-order valence-electron chi connectivity index (χ3n) is 3.46. The van der Waals surface area contributed by atoms with Crippen LogP contribution in [0, 0.1) is 5.82 Å². The van der Waals surface area contributed by atoms with E-state index in [2.05, 4.69) is 0 Å². The number of carbonyl (C=O) groups excluding carboxylic acids is 1. The molecule has 0 fully saturated rings. The van der Waals surface area contributed by atoms with Crippen molar-refractivity contribution in [2.45, 2.75) is 13.0 Å². The van der Waals surface area contributed by atoms with E-state index in [1.807, 2.05) is 43.1 Å². The summed E-state index contributed by atoms with van der Waals surface area (Å²) in [6, 6.07) is 12.0. The number of hydrogen-bond acceptors (Lipinski definition) is 2. The standard InChI is InChI=1S/C16H15ClFNO/c1-11(12-6-3-4-7-14(12)17)19(2)16-9-5-8-15(18)13(16)10-20/h3-11H,1-2H3. The van der Waals surface area contributed by atoms with Crippen molar-refractivity contribution in [1.29, 1.82) is 0 Å². The topological polar surface area (TPSA) is 20.3 Å². The maximum Gasteiger partial charge on any atom is 0.155 e. The van der Waals surface area contributed by atoms with Gasteiger partial charge in [-0.3, -0.25) is 4.79 Å². The lowest BCUT2D eigenvalue weighted by Crippen LogP contribution is -2.23. The molecule has 1 unspecified atom stereocenters. The van der Waals surface area contributed by atoms with E-state index in [4.69, 9.17) is 11.6 Å². The highest BCUT2D eigenvalue weighted by Gasteiger charge is 2.18. The van der Waals surface area contributed by atoms with Gasteiger partial charge in [0, 0.05) is 12.1 Å². The highest BCUT2D eigenvalue weighted by Crippen LogP contribution is 2.31. The van der Waals surface area contributed by atoms with E-state index >= 15 is 0 Å². The van der Waals surface area contributed by atoms with Crippen molar-refractivity contribution in [3.05, 3.63) is 64.4 Å². The molecular formula is C16H15ClFNO. The second kappa shape index (κ2) is 6.06. The van der Waals surface area contributed by atoms with Gasteiger partial charge in [0.2, 0.25) is 0 Å². The molecule has 0 aliphatic rings. The van der Waals surface area contributed by atoms with Crippen molar-refractivity contribution in [3.8, 4) is 0 Å². The third kappa shape index (κ3) is 2.68. The average molecular weight is 292 g/mol. The molecular weight excluding hydrogens is 277 g/mol. The minimum atomic E-state index is -0.518. The van der Waals surface area contributed by atoms with Gasteiger partial charge in [0.05, 0.1) is 17.3 Å². The molecule has 0 spiro atoms. The fraction of sp³-hybridized carbons (Fsp3) is 0.188. The van der Waals surface area contributed by atoms with Crippen LogP contribution in [0.15, 0.2) is 42.5 Å². The molecule has 0 aliphatic heterocycles. The molecule has 20 heavy (non-hydrogen) atoms. The summed E-state index contributed by atoms with van der Waals surface area (Å²) in [6.07, 6.45) is 0.542. The number of benzene rings is 2. The molecule has 0 heterocycles. The summed E-state index contributed by atoms with van der Waals surface area (Å²) in [5, 5.41) is 0.649. The SMILES string of the molecule is CC(c1ccccc1Cl)N(C)c1cccc(F)c1C=O. The Balaban J connectivity index is 2.41. The van der Waals surface area contributed by atoms with Crippen LogP contribution in [-0.2, 0) is 0 Å². The van der Waals surface area contributed by atoms with Crippen LogP contribution in [0.5, 0.6) is 0 Å². The monoisotopic (exact) mass is 291 g/mol. The number of anilines is 1. The van der Waals surface area contributed by atoms with Crippen LogP contribution < -0.4 is 4.90 Å². The molecule has 2 rings (SSSR count). The van der Waals surface area contributed by atoms with E-state index in [1.54, 1.807) is 12.1 Å². The Bertz CT molecular complexity index is 630. The molecule has 0 saturated heterocycles. The summed E-state index contributed by atoms with van der Waals surface area (Å²) in [4.78, 5) is 12.9. The van der Waals surface area contributed by atoms with Gasteiger partial charge in [0.15, 0.2) is 6.29 Å². The van der Waals surface area contributed by atoms with Gasteiger partial charge in [-0.05, 0) is 30.7 Å². The lowest BCUT2D eigenvalue weighted by molar-refractivity contribution is 0.112. The smallest absolute Gasteiger partial charge is 0.155 e. The quantitative estimate of drug-likeness (QED) is 0.774. The maximum atomic E-state index is 13.7. The number of carbonyl (C=O) groups is 1. The number of halogens is 2. The van der Waals surface area contributed by atoms with Crippen LogP contribution in [0.25, 0.3) is 0 Å². The zero-order valence-electron chi connectivity index (χ0n) is 11.3. The first-order valence-corrected chi connectivity index (χ1v) is 6.65. The minimum absolute atomic E-state index is 0.0638. The predicted octanol–water partition coefficient (Wildman–Crippen LogP) is 4.49. The van der Waals surface area contributed by atoms with Crippen molar-refractivity contribution in [3.63, 3.8) is 0 Å². The lowest BCUT2D eigenvalue weighted by Gasteiger charge is -2.29. The highest BCUT2D eigenvalue weighted by molar-refractivity contribution is 6.31. The summed E-state index contributed by atoms with van der Waals surface area (Å²) in [5.41, 5.74) is 1.54. The van der Waals surface area contributed by atoms with Crippen LogP contribution in [0.3, 0.4) is 0 Å². The molecule has 4 heteroatoms. The molecule has 0 aromatic heterocycles. The predicted molar refractivity (Wildman–Crippen MR) is 80.1 cm³/mol. The van der Waals surface area contributed by atoms with Crippen LogP contribution in [-0.4, -0.2) is 13.3 Å². The molecule has 2 aromatic rings. The third-order valence-corrected chi connectivity index (χ3v) is 3.81. The average Bonchev–Trinajstić information content (AvgIpc) is 2.46. The van der Waals surface area contributed by atoms with Gasteiger partial charge in [-0.25, -0.2) is 4.39 Å². The summed E-state index contributed by atoms with van der Waals surface area (Å²) in [5.74, 6) is -0.518. The molecule has 0 amide bonds. The fourth-order valence-corrected chi connectivity index (χ4v) is 2.47. The molecule has 0 saturated carbocycles. The van der Waals surface area contributed by atoms with E-state index in [1.165, 1.54) is 6.07 Å². The minimum Gasteiger partial charge on any atom is -0.367 e. The second-order valence-electron chi connectivity index (χ2n) is 4.60. The normalized spacial score (nSPS) is 12.0. The summed E-state index contributed by atoms with van der Waals surface area (Å²) in [7, 11) is 1.82.